The Morgan fingerprint density at radius 3 is 1.85 bits per heavy atom. The highest BCUT2D eigenvalue weighted by Crippen LogP contribution is 2.11. The standard InChI is InChI=1S/C10H23N3/c1-3-5-7-9(8-6-4-2)13-10(11)12/h9H,3-8H2,1-2H3,(H4,11,12,13). The molecule has 0 amide bonds. The molecule has 0 aromatic rings. The van der Waals surface area contributed by atoms with Crippen LogP contribution < -0.4 is 11.5 Å². The summed E-state index contributed by atoms with van der Waals surface area (Å²) < 4.78 is 0. The van der Waals surface area contributed by atoms with Crippen LogP contribution in [0.5, 0.6) is 0 Å². The van der Waals surface area contributed by atoms with Gasteiger partial charge in [0, 0.05) is 0 Å². The van der Waals surface area contributed by atoms with Gasteiger partial charge in [-0.1, -0.05) is 39.5 Å². The third kappa shape index (κ3) is 7.62. The lowest BCUT2D eigenvalue weighted by atomic mass is 10.0. The van der Waals surface area contributed by atoms with Gasteiger partial charge in [0.15, 0.2) is 5.96 Å². The van der Waals surface area contributed by atoms with Crippen molar-refractivity contribution in [2.45, 2.75) is 58.4 Å². The van der Waals surface area contributed by atoms with E-state index in [0.29, 0.717) is 6.04 Å². The second-order valence-electron chi connectivity index (χ2n) is 3.49. The average Bonchev–Trinajstić information content (AvgIpc) is 2.09. The van der Waals surface area contributed by atoms with Crippen molar-refractivity contribution in [3.63, 3.8) is 0 Å². The molecule has 0 rings (SSSR count). The summed E-state index contributed by atoms with van der Waals surface area (Å²) in [5.74, 6) is 0.234. The lowest BCUT2D eigenvalue weighted by Gasteiger charge is -2.11. The number of guanidine groups is 1. The van der Waals surface area contributed by atoms with Crippen LogP contribution in [0, 0.1) is 0 Å². The zero-order valence-corrected chi connectivity index (χ0v) is 8.92. The molecule has 0 atom stereocenters. The number of nitrogens with zero attached hydrogens (tertiary/aromatic N) is 1. The third-order valence-electron chi connectivity index (χ3n) is 2.11. The van der Waals surface area contributed by atoms with Crippen molar-refractivity contribution in [3.8, 4) is 0 Å². The molecular weight excluding hydrogens is 162 g/mol. The predicted octanol–water partition coefficient (Wildman–Crippen LogP) is 2.01. The SMILES string of the molecule is CCCCC(CCCC)N=C(N)N. The number of hydrogen-bond donors (Lipinski definition) is 2. The molecule has 4 N–H and O–H groups in total. The van der Waals surface area contributed by atoms with E-state index in [1.54, 1.807) is 0 Å². The topological polar surface area (TPSA) is 64.4 Å². The highest BCUT2D eigenvalue weighted by atomic mass is 15.0. The Balaban J connectivity index is 3.80. The van der Waals surface area contributed by atoms with Gasteiger partial charge in [-0.3, -0.25) is 4.99 Å². The minimum Gasteiger partial charge on any atom is -0.370 e. The van der Waals surface area contributed by atoms with E-state index in [0.717, 1.165) is 12.8 Å². The van der Waals surface area contributed by atoms with Crippen molar-refractivity contribution in [1.29, 1.82) is 0 Å². The molecule has 13 heavy (non-hydrogen) atoms. The zero-order chi connectivity index (χ0) is 10.1. The van der Waals surface area contributed by atoms with E-state index in [1.807, 2.05) is 0 Å². The Bertz CT molecular complexity index is 131. The summed E-state index contributed by atoms with van der Waals surface area (Å²) in [5, 5.41) is 0. The lowest BCUT2D eigenvalue weighted by Crippen LogP contribution is -2.25. The molecule has 0 aliphatic carbocycles. The molecule has 3 nitrogen and oxygen atoms in total. The number of aliphatic imine (C=N–C) groups is 1. The van der Waals surface area contributed by atoms with Gasteiger partial charge in [0.1, 0.15) is 0 Å². The van der Waals surface area contributed by atoms with E-state index in [2.05, 4.69) is 18.8 Å². The first-order chi connectivity index (χ1) is 6.20. The van der Waals surface area contributed by atoms with Gasteiger partial charge in [0.2, 0.25) is 0 Å². The van der Waals surface area contributed by atoms with E-state index in [9.17, 15) is 0 Å². The number of rotatable bonds is 7. The largest absolute Gasteiger partial charge is 0.370 e. The van der Waals surface area contributed by atoms with Gasteiger partial charge in [0.05, 0.1) is 6.04 Å². The maximum atomic E-state index is 5.36. The van der Waals surface area contributed by atoms with Crippen LogP contribution in [0.15, 0.2) is 4.99 Å². The van der Waals surface area contributed by atoms with Crippen LogP contribution in [0.3, 0.4) is 0 Å². The molecule has 0 aliphatic heterocycles. The van der Waals surface area contributed by atoms with Gasteiger partial charge in [-0.05, 0) is 12.8 Å². The summed E-state index contributed by atoms with van der Waals surface area (Å²) in [4.78, 5) is 4.22. The van der Waals surface area contributed by atoms with Crippen LogP contribution in [-0.2, 0) is 0 Å². The first kappa shape index (κ1) is 12.3. The molecule has 0 fully saturated rings. The molecule has 0 saturated heterocycles. The highest BCUT2D eigenvalue weighted by molar-refractivity contribution is 5.75. The number of nitrogens with two attached hydrogens (primary N) is 2. The summed E-state index contributed by atoms with van der Waals surface area (Å²) in [6.07, 6.45) is 7.09. The highest BCUT2D eigenvalue weighted by Gasteiger charge is 2.05. The monoisotopic (exact) mass is 185 g/mol. The zero-order valence-electron chi connectivity index (χ0n) is 8.92. The molecule has 0 radical (unpaired) electrons. The molecule has 0 saturated carbocycles. The van der Waals surface area contributed by atoms with Gasteiger partial charge >= 0.3 is 0 Å². The smallest absolute Gasteiger partial charge is 0.186 e. The Morgan fingerprint density at radius 2 is 1.54 bits per heavy atom. The summed E-state index contributed by atoms with van der Waals surface area (Å²) in [6.45, 7) is 4.37. The molecular formula is C10H23N3. The van der Waals surface area contributed by atoms with Crippen molar-refractivity contribution >= 4 is 5.96 Å². The fraction of sp³-hybridized carbons (Fsp3) is 0.900. The minimum atomic E-state index is 0.234. The first-order valence-corrected chi connectivity index (χ1v) is 5.29. The number of unbranched alkanes of at least 4 members (excludes halogenated alkanes) is 2. The van der Waals surface area contributed by atoms with E-state index in [-0.39, 0.29) is 5.96 Å². The fourth-order valence-electron chi connectivity index (χ4n) is 1.36. The normalized spacial score (nSPS) is 10.4. The first-order valence-electron chi connectivity index (χ1n) is 5.29. The van der Waals surface area contributed by atoms with E-state index in [1.165, 1.54) is 25.7 Å². The van der Waals surface area contributed by atoms with Crippen LogP contribution in [0.4, 0.5) is 0 Å². The second-order valence-corrected chi connectivity index (χ2v) is 3.49. The van der Waals surface area contributed by atoms with Crippen molar-refractivity contribution in [3.05, 3.63) is 0 Å². The molecule has 0 aromatic heterocycles. The van der Waals surface area contributed by atoms with Crippen LogP contribution in [0.1, 0.15) is 52.4 Å². The Labute approximate surface area is 81.6 Å². The molecule has 0 bridgehead atoms. The van der Waals surface area contributed by atoms with Crippen LogP contribution in [-0.4, -0.2) is 12.0 Å². The van der Waals surface area contributed by atoms with Gasteiger partial charge < -0.3 is 11.5 Å². The lowest BCUT2D eigenvalue weighted by molar-refractivity contribution is 0.521. The van der Waals surface area contributed by atoms with E-state index in [4.69, 9.17) is 11.5 Å². The molecule has 3 heteroatoms. The van der Waals surface area contributed by atoms with Gasteiger partial charge in [-0.25, -0.2) is 0 Å². The van der Waals surface area contributed by atoms with E-state index < -0.39 is 0 Å². The minimum absolute atomic E-state index is 0.234. The van der Waals surface area contributed by atoms with Gasteiger partial charge in [0.25, 0.3) is 0 Å². The summed E-state index contributed by atoms with van der Waals surface area (Å²) >= 11 is 0. The number of hydrogen-bond acceptors (Lipinski definition) is 1. The molecule has 0 aliphatic rings. The Kier molecular flexibility index (Phi) is 7.45. The van der Waals surface area contributed by atoms with Crippen molar-refractivity contribution < 1.29 is 0 Å². The quantitative estimate of drug-likeness (QED) is 0.470. The second kappa shape index (κ2) is 7.90. The van der Waals surface area contributed by atoms with Gasteiger partial charge in [-0.2, -0.15) is 0 Å². The fourth-order valence-corrected chi connectivity index (χ4v) is 1.36. The molecule has 78 valence electrons. The van der Waals surface area contributed by atoms with Crippen LogP contribution in [0.25, 0.3) is 0 Å². The van der Waals surface area contributed by atoms with Crippen LogP contribution in [0.2, 0.25) is 0 Å². The Morgan fingerprint density at radius 1 is 1.08 bits per heavy atom. The maximum Gasteiger partial charge on any atom is 0.186 e. The van der Waals surface area contributed by atoms with Crippen molar-refractivity contribution in [1.82, 2.24) is 0 Å². The third-order valence-corrected chi connectivity index (χ3v) is 2.11. The molecule has 0 spiro atoms. The molecule has 0 heterocycles. The predicted molar refractivity (Wildman–Crippen MR) is 58.6 cm³/mol. The van der Waals surface area contributed by atoms with Crippen molar-refractivity contribution in [2.24, 2.45) is 16.5 Å². The van der Waals surface area contributed by atoms with Crippen LogP contribution >= 0.6 is 0 Å². The molecule has 0 aromatic carbocycles. The van der Waals surface area contributed by atoms with Crippen molar-refractivity contribution in [2.75, 3.05) is 0 Å². The molecule has 0 unspecified atom stereocenters. The van der Waals surface area contributed by atoms with E-state index >= 15 is 0 Å². The summed E-state index contributed by atoms with van der Waals surface area (Å²) in [7, 11) is 0. The average molecular weight is 185 g/mol. The van der Waals surface area contributed by atoms with Gasteiger partial charge in [-0.15, -0.1) is 0 Å². The summed E-state index contributed by atoms with van der Waals surface area (Å²) in [5.41, 5.74) is 10.7. The summed E-state index contributed by atoms with van der Waals surface area (Å²) in [6, 6.07) is 0.352. The Hall–Kier alpha value is -0.730. The maximum absolute atomic E-state index is 5.36.